The Bertz CT molecular complexity index is 874. The zero-order valence-electron chi connectivity index (χ0n) is 18.4. The van der Waals surface area contributed by atoms with Crippen molar-refractivity contribution in [1.82, 2.24) is 0 Å². The quantitative estimate of drug-likeness (QED) is 0.327. The van der Waals surface area contributed by atoms with Gasteiger partial charge in [0.05, 0.1) is 25.3 Å². The van der Waals surface area contributed by atoms with Crippen LogP contribution in [0.15, 0.2) is 24.3 Å². The molecule has 0 amide bonds. The highest BCUT2D eigenvalue weighted by molar-refractivity contribution is 5.91. The smallest absolute Gasteiger partial charge is 0.336 e. The maximum absolute atomic E-state index is 11.5. The minimum atomic E-state index is -1.05. The van der Waals surface area contributed by atoms with Crippen molar-refractivity contribution in [2.24, 2.45) is 0 Å². The van der Waals surface area contributed by atoms with E-state index in [1.807, 2.05) is 0 Å². The summed E-state index contributed by atoms with van der Waals surface area (Å²) in [5.41, 5.74) is 1.26. The Balaban J connectivity index is 1.83. The molecule has 0 fully saturated rings. The first kappa shape index (κ1) is 24.8. The van der Waals surface area contributed by atoms with Crippen molar-refractivity contribution < 1.29 is 39.5 Å². The molecule has 0 aromatic heterocycles. The number of carboxylic acids is 2. The highest BCUT2D eigenvalue weighted by atomic mass is 16.5. The van der Waals surface area contributed by atoms with Gasteiger partial charge in [-0.15, -0.1) is 0 Å². The molecule has 0 radical (unpaired) electrons. The summed E-state index contributed by atoms with van der Waals surface area (Å²) >= 11 is 0. The Labute approximate surface area is 187 Å². The second-order valence-corrected chi connectivity index (χ2v) is 7.52. The molecule has 8 heteroatoms. The van der Waals surface area contributed by atoms with Gasteiger partial charge < -0.3 is 29.9 Å². The minimum Gasteiger partial charge on any atom is -0.504 e. The number of hydrogen-bond donors (Lipinski definition) is 4. The lowest BCUT2D eigenvalue weighted by atomic mass is 9.97. The number of aromatic carboxylic acids is 2. The van der Waals surface area contributed by atoms with Crippen LogP contribution in [-0.2, 0) is 12.8 Å². The lowest BCUT2D eigenvalue weighted by Crippen LogP contribution is -2.05. The summed E-state index contributed by atoms with van der Waals surface area (Å²) in [6.45, 7) is 0. The summed E-state index contributed by atoms with van der Waals surface area (Å²) in [6, 6.07) is 5.42. The molecule has 0 aliphatic carbocycles. The van der Waals surface area contributed by atoms with Gasteiger partial charge in [0.2, 0.25) is 0 Å². The fourth-order valence-corrected chi connectivity index (χ4v) is 3.89. The molecular weight excluding hydrogens is 416 g/mol. The summed E-state index contributed by atoms with van der Waals surface area (Å²) in [5, 5.41) is 38.6. The predicted molar refractivity (Wildman–Crippen MR) is 118 cm³/mol. The first-order valence-electron chi connectivity index (χ1n) is 10.6. The third kappa shape index (κ3) is 6.06. The largest absolute Gasteiger partial charge is 0.504 e. The monoisotopic (exact) mass is 446 g/mol. The lowest BCUT2D eigenvalue weighted by molar-refractivity contribution is 0.0684. The maximum atomic E-state index is 11.5. The van der Waals surface area contributed by atoms with Crippen LogP contribution in [0.3, 0.4) is 0 Å². The van der Waals surface area contributed by atoms with E-state index >= 15 is 0 Å². The molecule has 8 nitrogen and oxygen atoms in total. The Morgan fingerprint density at radius 2 is 1.00 bits per heavy atom. The molecule has 32 heavy (non-hydrogen) atoms. The van der Waals surface area contributed by atoms with Gasteiger partial charge in [0.1, 0.15) is 0 Å². The number of unbranched alkanes of at least 4 members (excludes halogenated alkanes) is 5. The molecule has 0 saturated carbocycles. The van der Waals surface area contributed by atoms with Crippen LogP contribution in [0.1, 0.15) is 70.4 Å². The molecule has 0 heterocycles. The molecule has 0 unspecified atom stereocenters. The Kier molecular flexibility index (Phi) is 9.19. The second-order valence-electron chi connectivity index (χ2n) is 7.52. The average molecular weight is 446 g/mol. The molecule has 2 aromatic carbocycles. The first-order valence-corrected chi connectivity index (χ1v) is 10.6. The molecule has 2 rings (SSSR count). The third-order valence-corrected chi connectivity index (χ3v) is 5.45. The van der Waals surface area contributed by atoms with Crippen molar-refractivity contribution in [3.63, 3.8) is 0 Å². The number of carboxylic acid groups (broad SMARTS) is 2. The van der Waals surface area contributed by atoms with Crippen molar-refractivity contribution in [3.05, 3.63) is 46.5 Å². The van der Waals surface area contributed by atoms with Crippen LogP contribution in [0.25, 0.3) is 0 Å². The number of hydrogen-bond acceptors (Lipinski definition) is 6. The number of phenolic OH excluding ortho intramolecular Hbond substituents is 2. The van der Waals surface area contributed by atoms with Gasteiger partial charge in [0.15, 0.2) is 23.0 Å². The summed E-state index contributed by atoms with van der Waals surface area (Å²) in [4.78, 5) is 22.9. The van der Waals surface area contributed by atoms with Gasteiger partial charge in [-0.25, -0.2) is 9.59 Å². The Hall–Kier alpha value is -3.42. The van der Waals surface area contributed by atoms with E-state index in [-0.39, 0.29) is 34.1 Å². The molecular formula is C24H30O8. The van der Waals surface area contributed by atoms with Crippen LogP contribution in [0.4, 0.5) is 0 Å². The highest BCUT2D eigenvalue weighted by Crippen LogP contribution is 2.35. The van der Waals surface area contributed by atoms with Crippen LogP contribution in [0.2, 0.25) is 0 Å². The van der Waals surface area contributed by atoms with E-state index in [0.29, 0.717) is 24.0 Å². The van der Waals surface area contributed by atoms with E-state index < -0.39 is 11.9 Å². The number of benzene rings is 2. The molecule has 0 aliphatic heterocycles. The van der Waals surface area contributed by atoms with Crippen molar-refractivity contribution in [2.75, 3.05) is 14.2 Å². The molecule has 0 spiro atoms. The van der Waals surface area contributed by atoms with Crippen LogP contribution in [0, 0.1) is 0 Å². The van der Waals surface area contributed by atoms with Crippen LogP contribution >= 0.6 is 0 Å². The predicted octanol–water partition coefficient (Wildman–Crippen LogP) is 4.64. The standard InChI is InChI=1S/C24H30O8/c1-31-21-15(17(23(27)28)11-13-19(21)25)9-7-5-3-4-6-8-10-16-18(24(29)30)12-14-20(26)22(16)32-2/h11-14,25-26H,3-10H2,1-2H3,(H,27,28)(H,29,30). The molecule has 0 saturated heterocycles. The fourth-order valence-electron chi connectivity index (χ4n) is 3.89. The first-order chi connectivity index (χ1) is 15.3. The second kappa shape index (κ2) is 11.8. The number of rotatable bonds is 13. The zero-order chi connectivity index (χ0) is 23.7. The van der Waals surface area contributed by atoms with Crippen LogP contribution in [0.5, 0.6) is 23.0 Å². The Morgan fingerprint density at radius 3 is 1.31 bits per heavy atom. The summed E-state index contributed by atoms with van der Waals surface area (Å²) in [7, 11) is 2.81. The highest BCUT2D eigenvalue weighted by Gasteiger charge is 2.19. The number of carbonyl (C=O) groups is 2. The normalized spacial score (nSPS) is 10.7. The van der Waals surface area contributed by atoms with Gasteiger partial charge in [0, 0.05) is 11.1 Å². The fraction of sp³-hybridized carbons (Fsp3) is 0.417. The van der Waals surface area contributed by atoms with Gasteiger partial charge in [-0.1, -0.05) is 25.7 Å². The van der Waals surface area contributed by atoms with Crippen molar-refractivity contribution >= 4 is 11.9 Å². The van der Waals surface area contributed by atoms with E-state index in [9.17, 15) is 30.0 Å². The topological polar surface area (TPSA) is 134 Å². The number of phenols is 2. The number of aromatic hydroxyl groups is 2. The van der Waals surface area contributed by atoms with Crippen LogP contribution < -0.4 is 9.47 Å². The molecule has 0 bridgehead atoms. The van der Waals surface area contributed by atoms with E-state index in [1.54, 1.807) is 0 Å². The number of methoxy groups -OCH3 is 2. The van der Waals surface area contributed by atoms with Gasteiger partial charge in [-0.2, -0.15) is 0 Å². The lowest BCUT2D eigenvalue weighted by Gasteiger charge is -2.13. The van der Waals surface area contributed by atoms with Gasteiger partial charge in [-0.3, -0.25) is 0 Å². The van der Waals surface area contributed by atoms with E-state index in [1.165, 1.54) is 38.5 Å². The molecule has 0 atom stereocenters. The van der Waals surface area contributed by atoms with E-state index in [0.717, 1.165) is 38.5 Å². The maximum Gasteiger partial charge on any atom is 0.336 e. The van der Waals surface area contributed by atoms with E-state index in [4.69, 9.17) is 9.47 Å². The SMILES string of the molecule is COc1c(O)ccc(C(=O)O)c1CCCCCCCCc1c(C(=O)O)ccc(O)c1OC. The molecule has 174 valence electrons. The minimum absolute atomic E-state index is 0.0735. The van der Waals surface area contributed by atoms with Gasteiger partial charge in [-0.05, 0) is 49.9 Å². The van der Waals surface area contributed by atoms with Gasteiger partial charge >= 0.3 is 11.9 Å². The summed E-state index contributed by atoms with van der Waals surface area (Å²) in [5.74, 6) is -1.84. The number of ether oxygens (including phenoxy) is 2. The molecule has 0 aliphatic rings. The zero-order valence-corrected chi connectivity index (χ0v) is 18.4. The average Bonchev–Trinajstić information content (AvgIpc) is 2.75. The summed E-state index contributed by atoms with van der Waals surface area (Å²) < 4.78 is 10.4. The Morgan fingerprint density at radius 1 is 0.656 bits per heavy atom. The van der Waals surface area contributed by atoms with Crippen molar-refractivity contribution in [3.8, 4) is 23.0 Å². The molecule has 4 N–H and O–H groups in total. The van der Waals surface area contributed by atoms with Crippen molar-refractivity contribution in [1.29, 1.82) is 0 Å². The third-order valence-electron chi connectivity index (χ3n) is 5.45. The summed E-state index contributed by atoms with van der Waals surface area (Å²) in [6.07, 6.45) is 6.12. The van der Waals surface area contributed by atoms with Crippen LogP contribution in [-0.4, -0.2) is 46.6 Å². The molecule has 2 aromatic rings. The van der Waals surface area contributed by atoms with E-state index in [2.05, 4.69) is 0 Å². The van der Waals surface area contributed by atoms with Crippen molar-refractivity contribution in [2.45, 2.75) is 51.4 Å². The van der Waals surface area contributed by atoms with Gasteiger partial charge in [0.25, 0.3) is 0 Å².